The molecule has 3 heterocycles. The molecule has 196 valence electrons. The van der Waals surface area contributed by atoms with Gasteiger partial charge in [-0.1, -0.05) is 0 Å². The summed E-state index contributed by atoms with van der Waals surface area (Å²) in [7, 11) is 0. The second kappa shape index (κ2) is 10.4. The van der Waals surface area contributed by atoms with Crippen molar-refractivity contribution >= 4 is 23.1 Å². The van der Waals surface area contributed by atoms with E-state index in [1.807, 2.05) is 4.90 Å². The molecule has 1 aliphatic rings. The lowest BCUT2D eigenvalue weighted by molar-refractivity contribution is -0.137. The Morgan fingerprint density at radius 3 is 2.50 bits per heavy atom. The van der Waals surface area contributed by atoms with E-state index in [4.69, 9.17) is 4.74 Å². The number of amides is 2. The van der Waals surface area contributed by atoms with Gasteiger partial charge in [0.2, 0.25) is 0 Å². The molecule has 1 fully saturated rings. The molecule has 38 heavy (non-hydrogen) atoms. The maximum Gasteiger partial charge on any atom is 0.416 e. The predicted molar refractivity (Wildman–Crippen MR) is 134 cm³/mol. The first-order valence-corrected chi connectivity index (χ1v) is 11.7. The molecule has 0 bridgehead atoms. The number of carbonyl (C=O) groups is 1. The van der Waals surface area contributed by atoms with Gasteiger partial charge in [0.1, 0.15) is 17.3 Å². The number of benzene rings is 2. The first-order valence-electron chi connectivity index (χ1n) is 11.7. The number of rotatable bonds is 6. The number of hydrogen-bond donors (Lipinski definition) is 3. The van der Waals surface area contributed by atoms with E-state index in [1.165, 1.54) is 24.4 Å². The molecule has 0 aliphatic carbocycles. The lowest BCUT2D eigenvalue weighted by Crippen LogP contribution is -2.22. The Bertz CT molecular complexity index is 1440. The van der Waals surface area contributed by atoms with Gasteiger partial charge >= 0.3 is 12.2 Å². The molecule has 0 radical (unpaired) electrons. The van der Waals surface area contributed by atoms with Gasteiger partial charge in [0.05, 0.1) is 23.1 Å². The van der Waals surface area contributed by atoms with Gasteiger partial charge in [-0.2, -0.15) is 18.3 Å². The van der Waals surface area contributed by atoms with E-state index >= 15 is 0 Å². The molecule has 3 N–H and O–H groups in total. The van der Waals surface area contributed by atoms with Gasteiger partial charge in [-0.05, 0) is 49.2 Å². The SMILES string of the molecule is O=C(Nc1cc(N2CCCC2)cc(C(F)(F)F)c1)Nc1ccc(Oc2ccnc(-c3cn[nH]c3)c2)cc1F. The molecule has 12 heteroatoms. The van der Waals surface area contributed by atoms with Crippen molar-refractivity contribution in [1.82, 2.24) is 15.2 Å². The minimum Gasteiger partial charge on any atom is -0.457 e. The van der Waals surface area contributed by atoms with E-state index in [-0.39, 0.29) is 17.1 Å². The van der Waals surface area contributed by atoms with Crippen LogP contribution in [-0.2, 0) is 6.18 Å². The van der Waals surface area contributed by atoms with Crippen molar-refractivity contribution in [2.24, 2.45) is 0 Å². The zero-order chi connectivity index (χ0) is 26.7. The average Bonchev–Trinajstić information content (AvgIpc) is 3.60. The molecule has 1 saturated heterocycles. The molecule has 2 aromatic heterocycles. The predicted octanol–water partition coefficient (Wildman–Crippen LogP) is 6.67. The van der Waals surface area contributed by atoms with Gasteiger partial charge < -0.3 is 20.3 Å². The second-order valence-corrected chi connectivity index (χ2v) is 8.65. The maximum atomic E-state index is 14.7. The van der Waals surface area contributed by atoms with Crippen LogP contribution >= 0.6 is 0 Å². The zero-order valence-electron chi connectivity index (χ0n) is 19.8. The summed E-state index contributed by atoms with van der Waals surface area (Å²) < 4.78 is 60.8. The van der Waals surface area contributed by atoms with Crippen molar-refractivity contribution in [2.45, 2.75) is 19.0 Å². The van der Waals surface area contributed by atoms with Crippen molar-refractivity contribution in [2.75, 3.05) is 28.6 Å². The van der Waals surface area contributed by atoms with Gasteiger partial charge in [-0.15, -0.1) is 0 Å². The van der Waals surface area contributed by atoms with Crippen LogP contribution in [0.3, 0.4) is 0 Å². The fourth-order valence-corrected chi connectivity index (χ4v) is 4.11. The van der Waals surface area contributed by atoms with Crippen LogP contribution in [0.4, 0.5) is 39.4 Å². The van der Waals surface area contributed by atoms with E-state index in [2.05, 4.69) is 25.8 Å². The van der Waals surface area contributed by atoms with Crippen LogP contribution in [0, 0.1) is 5.82 Å². The normalized spacial score (nSPS) is 13.4. The summed E-state index contributed by atoms with van der Waals surface area (Å²) >= 11 is 0. The number of H-pyrrole nitrogens is 1. The number of aromatic nitrogens is 3. The zero-order valence-corrected chi connectivity index (χ0v) is 19.8. The highest BCUT2D eigenvalue weighted by atomic mass is 19.4. The highest BCUT2D eigenvalue weighted by Crippen LogP contribution is 2.35. The number of anilines is 3. The fraction of sp³-hybridized carbons (Fsp3) is 0.192. The molecule has 0 unspecified atom stereocenters. The van der Waals surface area contributed by atoms with Crippen LogP contribution in [-0.4, -0.2) is 34.3 Å². The molecular formula is C26H22F4N6O2. The third-order valence-corrected chi connectivity index (χ3v) is 5.92. The summed E-state index contributed by atoms with van der Waals surface area (Å²) in [6.45, 7) is 1.27. The van der Waals surface area contributed by atoms with E-state index in [0.29, 0.717) is 30.2 Å². The number of nitrogens with zero attached hydrogens (tertiary/aromatic N) is 3. The van der Waals surface area contributed by atoms with Gasteiger partial charge in [0.15, 0.2) is 0 Å². The molecule has 4 aromatic rings. The quantitative estimate of drug-likeness (QED) is 0.244. The number of hydrogen-bond acceptors (Lipinski definition) is 5. The lowest BCUT2D eigenvalue weighted by atomic mass is 10.1. The molecule has 8 nitrogen and oxygen atoms in total. The van der Waals surface area contributed by atoms with Crippen LogP contribution in [0.2, 0.25) is 0 Å². The maximum absolute atomic E-state index is 14.7. The van der Waals surface area contributed by atoms with Crippen LogP contribution in [0.1, 0.15) is 18.4 Å². The first kappa shape index (κ1) is 25.1. The average molecular weight is 526 g/mol. The lowest BCUT2D eigenvalue weighted by Gasteiger charge is -2.21. The van der Waals surface area contributed by atoms with Crippen LogP contribution in [0.5, 0.6) is 11.5 Å². The summed E-state index contributed by atoms with van der Waals surface area (Å²) in [4.78, 5) is 18.6. The monoisotopic (exact) mass is 526 g/mol. The number of nitrogens with one attached hydrogen (secondary N) is 3. The molecule has 2 aromatic carbocycles. The van der Waals surface area contributed by atoms with E-state index in [0.717, 1.165) is 36.6 Å². The first-order chi connectivity index (χ1) is 18.2. The number of carbonyl (C=O) groups excluding carboxylic acids is 1. The Morgan fingerprint density at radius 2 is 1.79 bits per heavy atom. The minimum absolute atomic E-state index is 0.0503. The third kappa shape index (κ3) is 5.85. The fourth-order valence-electron chi connectivity index (χ4n) is 4.11. The van der Waals surface area contributed by atoms with E-state index in [9.17, 15) is 22.4 Å². The molecule has 5 rings (SSSR count). The topological polar surface area (TPSA) is 95.2 Å². The van der Waals surface area contributed by atoms with Crippen molar-refractivity contribution in [1.29, 1.82) is 0 Å². The highest BCUT2D eigenvalue weighted by Gasteiger charge is 2.32. The number of alkyl halides is 3. The number of pyridine rings is 1. The number of ether oxygens (including phenoxy) is 1. The molecule has 0 atom stereocenters. The number of halogens is 4. The Balaban J connectivity index is 1.27. The van der Waals surface area contributed by atoms with Crippen LogP contribution < -0.4 is 20.3 Å². The molecule has 2 amide bonds. The largest absolute Gasteiger partial charge is 0.457 e. The van der Waals surface area contributed by atoms with Crippen LogP contribution in [0.15, 0.2) is 67.1 Å². The Kier molecular flexibility index (Phi) is 6.86. The second-order valence-electron chi connectivity index (χ2n) is 8.65. The van der Waals surface area contributed by atoms with E-state index in [1.54, 1.807) is 24.5 Å². The molecule has 0 saturated carbocycles. The van der Waals surface area contributed by atoms with Crippen molar-refractivity contribution in [3.8, 4) is 22.8 Å². The van der Waals surface area contributed by atoms with Crippen molar-refractivity contribution in [3.05, 3.63) is 78.5 Å². The molecular weight excluding hydrogens is 504 g/mol. The van der Waals surface area contributed by atoms with Gasteiger partial charge in [0, 0.05) is 54.6 Å². The molecule has 0 spiro atoms. The summed E-state index contributed by atoms with van der Waals surface area (Å²) in [5.74, 6) is -0.207. The summed E-state index contributed by atoms with van der Waals surface area (Å²) in [6.07, 6.45) is 1.99. The number of urea groups is 1. The van der Waals surface area contributed by atoms with Gasteiger partial charge in [0.25, 0.3) is 0 Å². The van der Waals surface area contributed by atoms with E-state index < -0.39 is 23.6 Å². The summed E-state index contributed by atoms with van der Waals surface area (Å²) in [5, 5.41) is 11.3. The van der Waals surface area contributed by atoms with Crippen LogP contribution in [0.25, 0.3) is 11.3 Å². The summed E-state index contributed by atoms with van der Waals surface area (Å²) in [6, 6.07) is 9.59. The smallest absolute Gasteiger partial charge is 0.416 e. The third-order valence-electron chi connectivity index (χ3n) is 5.92. The van der Waals surface area contributed by atoms with Crippen molar-refractivity contribution < 1.29 is 27.1 Å². The molecule has 1 aliphatic heterocycles. The Morgan fingerprint density at radius 1 is 1.00 bits per heavy atom. The Hall–Kier alpha value is -4.61. The standard InChI is InChI=1S/C26H22F4N6O2/c27-22-12-20(38-21-5-6-31-24(13-21)16-14-32-33-15-16)3-4-23(22)35-25(37)34-18-9-17(26(28,29)30)10-19(11-18)36-7-1-2-8-36/h3-6,9-15H,1-2,7-8H2,(H,32,33)(H2,34,35,37). The number of aromatic amines is 1. The highest BCUT2D eigenvalue weighted by molar-refractivity contribution is 6.00. The van der Waals surface area contributed by atoms with Gasteiger partial charge in [-0.3, -0.25) is 10.1 Å². The Labute approximate surface area is 214 Å². The minimum atomic E-state index is -4.58. The van der Waals surface area contributed by atoms with Crippen molar-refractivity contribution in [3.63, 3.8) is 0 Å². The summed E-state index contributed by atoms with van der Waals surface area (Å²) in [5.41, 5.74) is 0.625. The van der Waals surface area contributed by atoms with Gasteiger partial charge in [-0.25, -0.2) is 9.18 Å².